The standard InChI is InChI=1S/C19H20N2O5S/c1-13(10-14-6-3-2-4-7-14)11-15-18(25)21(19(26)27-15)12-16(22)20-9-5-8-17(23)24/h2-4,6-7,10-11H,5,8-9,12H2,1H3,(H,20,22)(H,23,24)/b13-10+,15-11-. The van der Waals surface area contributed by atoms with Crippen LogP contribution in [-0.4, -0.2) is 46.1 Å². The zero-order valence-electron chi connectivity index (χ0n) is 14.8. The van der Waals surface area contributed by atoms with Gasteiger partial charge in [0, 0.05) is 13.0 Å². The Labute approximate surface area is 161 Å². The number of carboxylic acid groups (broad SMARTS) is 1. The average molecular weight is 388 g/mol. The molecular weight excluding hydrogens is 368 g/mol. The number of aliphatic carboxylic acids is 1. The van der Waals surface area contributed by atoms with E-state index in [1.807, 2.05) is 43.3 Å². The number of carbonyl (C=O) groups is 4. The molecule has 0 saturated carbocycles. The van der Waals surface area contributed by atoms with Crippen LogP contribution in [0.15, 0.2) is 46.9 Å². The van der Waals surface area contributed by atoms with E-state index < -0.39 is 23.0 Å². The minimum absolute atomic E-state index is 0.0579. The van der Waals surface area contributed by atoms with Gasteiger partial charge in [-0.25, -0.2) is 0 Å². The first-order chi connectivity index (χ1) is 12.9. The van der Waals surface area contributed by atoms with Crippen molar-refractivity contribution >= 4 is 40.9 Å². The molecule has 1 aromatic carbocycles. The lowest BCUT2D eigenvalue weighted by Crippen LogP contribution is -2.39. The fourth-order valence-electron chi connectivity index (χ4n) is 2.36. The minimum atomic E-state index is -0.945. The zero-order valence-corrected chi connectivity index (χ0v) is 15.6. The molecule has 2 rings (SSSR count). The van der Waals surface area contributed by atoms with Gasteiger partial charge in [-0.2, -0.15) is 0 Å². The van der Waals surface area contributed by atoms with E-state index in [1.165, 1.54) is 0 Å². The third kappa shape index (κ3) is 6.41. The Balaban J connectivity index is 1.94. The highest BCUT2D eigenvalue weighted by molar-refractivity contribution is 8.18. The Bertz CT molecular complexity index is 802. The van der Waals surface area contributed by atoms with Gasteiger partial charge in [0.25, 0.3) is 11.1 Å². The number of imide groups is 1. The Morgan fingerprint density at radius 2 is 1.93 bits per heavy atom. The van der Waals surface area contributed by atoms with Gasteiger partial charge in [-0.3, -0.25) is 24.1 Å². The summed E-state index contributed by atoms with van der Waals surface area (Å²) in [4.78, 5) is 47.9. The molecule has 3 amide bonds. The van der Waals surface area contributed by atoms with Crippen LogP contribution in [0, 0.1) is 0 Å². The quantitative estimate of drug-likeness (QED) is 0.524. The normalized spacial score (nSPS) is 16.1. The van der Waals surface area contributed by atoms with Crippen molar-refractivity contribution < 1.29 is 24.3 Å². The molecule has 0 bridgehead atoms. The van der Waals surface area contributed by atoms with Crippen LogP contribution in [0.4, 0.5) is 4.79 Å². The number of hydrogen-bond donors (Lipinski definition) is 2. The number of benzene rings is 1. The highest BCUT2D eigenvalue weighted by atomic mass is 32.2. The van der Waals surface area contributed by atoms with Crippen molar-refractivity contribution in [2.45, 2.75) is 19.8 Å². The molecule has 0 aliphatic carbocycles. The van der Waals surface area contributed by atoms with Crippen LogP contribution in [-0.2, 0) is 14.4 Å². The van der Waals surface area contributed by atoms with Crippen molar-refractivity contribution in [2.75, 3.05) is 13.1 Å². The molecule has 1 aliphatic heterocycles. The molecule has 1 saturated heterocycles. The van der Waals surface area contributed by atoms with E-state index in [0.29, 0.717) is 0 Å². The minimum Gasteiger partial charge on any atom is -0.481 e. The number of amides is 3. The van der Waals surface area contributed by atoms with E-state index >= 15 is 0 Å². The molecule has 1 aromatic rings. The van der Waals surface area contributed by atoms with Gasteiger partial charge in [0.1, 0.15) is 6.54 Å². The summed E-state index contributed by atoms with van der Waals surface area (Å²) < 4.78 is 0. The van der Waals surface area contributed by atoms with Gasteiger partial charge in [0.15, 0.2) is 0 Å². The van der Waals surface area contributed by atoms with E-state index in [0.717, 1.165) is 27.8 Å². The van der Waals surface area contributed by atoms with Crippen LogP contribution < -0.4 is 5.32 Å². The largest absolute Gasteiger partial charge is 0.481 e. The second-order valence-electron chi connectivity index (χ2n) is 5.91. The maximum absolute atomic E-state index is 12.4. The van der Waals surface area contributed by atoms with Crippen molar-refractivity contribution in [3.8, 4) is 0 Å². The van der Waals surface area contributed by atoms with Gasteiger partial charge in [-0.15, -0.1) is 0 Å². The monoisotopic (exact) mass is 388 g/mol. The molecule has 1 heterocycles. The number of carboxylic acids is 1. The van der Waals surface area contributed by atoms with E-state index in [9.17, 15) is 19.2 Å². The summed E-state index contributed by atoms with van der Waals surface area (Å²) >= 11 is 0.795. The molecule has 2 N–H and O–H groups in total. The van der Waals surface area contributed by atoms with Crippen LogP contribution in [0.5, 0.6) is 0 Å². The molecule has 27 heavy (non-hydrogen) atoms. The van der Waals surface area contributed by atoms with Crippen molar-refractivity contribution in [3.63, 3.8) is 0 Å². The van der Waals surface area contributed by atoms with Crippen molar-refractivity contribution in [2.24, 2.45) is 0 Å². The molecule has 1 aliphatic rings. The number of carbonyl (C=O) groups excluding carboxylic acids is 3. The summed E-state index contributed by atoms with van der Waals surface area (Å²) in [5.74, 6) is -1.95. The van der Waals surface area contributed by atoms with Gasteiger partial charge in [-0.1, -0.05) is 36.4 Å². The summed E-state index contributed by atoms with van der Waals surface area (Å²) in [5.41, 5.74) is 1.79. The molecule has 7 nitrogen and oxygen atoms in total. The first-order valence-corrected chi connectivity index (χ1v) is 9.15. The lowest BCUT2D eigenvalue weighted by Gasteiger charge is -2.12. The summed E-state index contributed by atoms with van der Waals surface area (Å²) in [6.07, 6.45) is 3.75. The van der Waals surface area contributed by atoms with Gasteiger partial charge >= 0.3 is 5.97 Å². The molecule has 0 aromatic heterocycles. The third-order valence-corrected chi connectivity index (χ3v) is 4.52. The predicted octanol–water partition coefficient (Wildman–Crippen LogP) is 2.65. The number of rotatable bonds is 8. The Morgan fingerprint density at radius 1 is 1.22 bits per heavy atom. The second kappa shape index (κ2) is 9.72. The first-order valence-electron chi connectivity index (χ1n) is 8.34. The molecule has 0 spiro atoms. The molecule has 0 atom stereocenters. The predicted molar refractivity (Wildman–Crippen MR) is 103 cm³/mol. The van der Waals surface area contributed by atoms with Crippen LogP contribution >= 0.6 is 11.8 Å². The molecule has 0 radical (unpaired) electrons. The topological polar surface area (TPSA) is 104 Å². The number of nitrogens with one attached hydrogen (secondary N) is 1. The number of hydrogen-bond acceptors (Lipinski definition) is 5. The van der Waals surface area contributed by atoms with E-state index in [2.05, 4.69) is 5.32 Å². The highest BCUT2D eigenvalue weighted by Gasteiger charge is 2.36. The summed E-state index contributed by atoms with van der Waals surface area (Å²) in [6, 6.07) is 9.57. The summed E-state index contributed by atoms with van der Waals surface area (Å²) in [7, 11) is 0. The highest BCUT2D eigenvalue weighted by Crippen LogP contribution is 2.31. The van der Waals surface area contributed by atoms with Crippen molar-refractivity contribution in [3.05, 3.63) is 52.4 Å². The molecule has 8 heteroatoms. The smallest absolute Gasteiger partial charge is 0.303 e. The molecule has 1 fully saturated rings. The van der Waals surface area contributed by atoms with E-state index in [-0.39, 0.29) is 30.8 Å². The fraction of sp³-hybridized carbons (Fsp3) is 0.263. The zero-order chi connectivity index (χ0) is 19.8. The summed E-state index contributed by atoms with van der Waals surface area (Å²) in [6.45, 7) is 1.63. The Kier molecular flexibility index (Phi) is 7.36. The third-order valence-electron chi connectivity index (χ3n) is 3.62. The van der Waals surface area contributed by atoms with Crippen LogP contribution in [0.25, 0.3) is 6.08 Å². The molecular formula is C19H20N2O5S. The maximum atomic E-state index is 12.4. The maximum Gasteiger partial charge on any atom is 0.303 e. The van der Waals surface area contributed by atoms with Gasteiger partial charge < -0.3 is 10.4 Å². The van der Waals surface area contributed by atoms with Crippen molar-refractivity contribution in [1.29, 1.82) is 0 Å². The lowest BCUT2D eigenvalue weighted by molar-refractivity contribution is -0.137. The summed E-state index contributed by atoms with van der Waals surface area (Å²) in [5, 5.41) is 10.6. The molecule has 142 valence electrons. The fourth-order valence-corrected chi connectivity index (χ4v) is 3.25. The van der Waals surface area contributed by atoms with E-state index in [4.69, 9.17) is 5.11 Å². The Hall–Kier alpha value is -2.87. The van der Waals surface area contributed by atoms with Crippen molar-refractivity contribution in [1.82, 2.24) is 10.2 Å². The van der Waals surface area contributed by atoms with Crippen LogP contribution in [0.2, 0.25) is 0 Å². The number of allylic oxidation sites excluding steroid dienone is 2. The lowest BCUT2D eigenvalue weighted by atomic mass is 10.1. The second-order valence-corrected chi connectivity index (χ2v) is 6.91. The van der Waals surface area contributed by atoms with Gasteiger partial charge in [0.05, 0.1) is 4.91 Å². The van der Waals surface area contributed by atoms with Gasteiger partial charge in [-0.05, 0) is 42.3 Å². The Morgan fingerprint density at radius 3 is 2.59 bits per heavy atom. The van der Waals surface area contributed by atoms with Gasteiger partial charge in [0.2, 0.25) is 5.91 Å². The van der Waals surface area contributed by atoms with Crippen LogP contribution in [0.1, 0.15) is 25.3 Å². The number of nitrogens with zero attached hydrogens (tertiary/aromatic N) is 1. The first kappa shape index (κ1) is 20.4. The van der Waals surface area contributed by atoms with Crippen LogP contribution in [0.3, 0.4) is 0 Å². The van der Waals surface area contributed by atoms with E-state index in [1.54, 1.807) is 6.08 Å². The SMILES string of the molecule is CC(/C=C1\SC(=O)N(CC(=O)NCCCC(=O)O)C1=O)=C\c1ccccc1. The average Bonchev–Trinajstić information content (AvgIpc) is 2.87. The number of thioether (sulfide) groups is 1. The molecule has 0 unspecified atom stereocenters.